The molecular weight excluding hydrogens is 428 g/mol. The van der Waals surface area contributed by atoms with Gasteiger partial charge in [-0.3, -0.25) is 0 Å². The molecule has 0 aliphatic heterocycles. The number of carbonyl (C=O) groups excluding carboxylic acids is 1. The van der Waals surface area contributed by atoms with Crippen molar-refractivity contribution in [3.63, 3.8) is 0 Å². The van der Waals surface area contributed by atoms with Crippen LogP contribution in [0.3, 0.4) is 0 Å². The van der Waals surface area contributed by atoms with Crippen molar-refractivity contribution in [1.29, 1.82) is 5.26 Å². The summed E-state index contributed by atoms with van der Waals surface area (Å²) in [4.78, 5) is 17.0. The third-order valence-corrected chi connectivity index (χ3v) is 4.66. The van der Waals surface area contributed by atoms with E-state index in [4.69, 9.17) is 9.47 Å². The SMILES string of the molecule is CC(C)(C)Oc1ccc(NC(=O)Nc2ccc(C#N)nc2Oc2ccccc2C(C)(C)C)cc1. The number of nitriles is 1. The number of aromatic nitrogens is 1. The van der Waals surface area contributed by atoms with Gasteiger partial charge < -0.3 is 20.1 Å². The summed E-state index contributed by atoms with van der Waals surface area (Å²) < 4.78 is 11.9. The summed E-state index contributed by atoms with van der Waals surface area (Å²) in [5, 5.41) is 14.8. The lowest BCUT2D eigenvalue weighted by Crippen LogP contribution is -2.23. The molecule has 2 N–H and O–H groups in total. The molecule has 3 aromatic rings. The van der Waals surface area contributed by atoms with Crippen LogP contribution in [0.2, 0.25) is 0 Å². The summed E-state index contributed by atoms with van der Waals surface area (Å²) >= 11 is 0. The number of benzene rings is 2. The molecule has 0 aliphatic carbocycles. The average molecular weight is 459 g/mol. The van der Waals surface area contributed by atoms with Gasteiger partial charge in [0.25, 0.3) is 0 Å². The predicted molar refractivity (Wildman–Crippen MR) is 134 cm³/mol. The Kier molecular flexibility index (Phi) is 7.11. The first kappa shape index (κ1) is 24.6. The van der Waals surface area contributed by atoms with E-state index in [1.165, 1.54) is 6.07 Å². The number of para-hydroxylation sites is 1. The molecule has 1 aromatic heterocycles. The molecule has 0 bridgehead atoms. The van der Waals surface area contributed by atoms with Gasteiger partial charge in [-0.25, -0.2) is 9.78 Å². The highest BCUT2D eigenvalue weighted by Crippen LogP contribution is 2.36. The van der Waals surface area contributed by atoms with Gasteiger partial charge >= 0.3 is 6.03 Å². The fourth-order valence-electron chi connectivity index (χ4n) is 3.20. The monoisotopic (exact) mass is 458 g/mol. The molecule has 0 aliphatic rings. The van der Waals surface area contributed by atoms with Crippen molar-refractivity contribution in [2.75, 3.05) is 10.6 Å². The average Bonchev–Trinajstić information content (AvgIpc) is 2.75. The molecule has 3 rings (SSSR count). The third-order valence-electron chi connectivity index (χ3n) is 4.66. The van der Waals surface area contributed by atoms with Crippen LogP contribution in [0, 0.1) is 11.3 Å². The molecule has 2 aromatic carbocycles. The van der Waals surface area contributed by atoms with Crippen LogP contribution in [0.15, 0.2) is 60.7 Å². The lowest BCUT2D eigenvalue weighted by molar-refractivity contribution is 0.131. The first-order valence-corrected chi connectivity index (χ1v) is 11.0. The maximum absolute atomic E-state index is 12.7. The number of nitrogens with one attached hydrogen (secondary N) is 2. The smallest absolute Gasteiger partial charge is 0.323 e. The number of hydrogen-bond donors (Lipinski definition) is 2. The summed E-state index contributed by atoms with van der Waals surface area (Å²) in [7, 11) is 0. The van der Waals surface area contributed by atoms with Crippen molar-refractivity contribution in [3.05, 3.63) is 71.9 Å². The highest BCUT2D eigenvalue weighted by atomic mass is 16.5. The zero-order chi connectivity index (χ0) is 24.9. The quantitative estimate of drug-likeness (QED) is 0.435. The summed E-state index contributed by atoms with van der Waals surface area (Å²) in [5.74, 6) is 1.46. The molecule has 2 amide bonds. The molecule has 0 unspecified atom stereocenters. The Morgan fingerprint density at radius 1 is 0.912 bits per heavy atom. The number of nitrogens with zero attached hydrogens (tertiary/aromatic N) is 2. The van der Waals surface area contributed by atoms with Crippen molar-refractivity contribution in [3.8, 4) is 23.4 Å². The number of carbonyl (C=O) groups is 1. The van der Waals surface area contributed by atoms with E-state index in [2.05, 4.69) is 36.4 Å². The number of rotatable bonds is 5. The van der Waals surface area contributed by atoms with Crippen LogP contribution in [0.4, 0.5) is 16.2 Å². The summed E-state index contributed by atoms with van der Waals surface area (Å²) in [6.45, 7) is 12.2. The van der Waals surface area contributed by atoms with Gasteiger partial charge in [-0.1, -0.05) is 39.0 Å². The van der Waals surface area contributed by atoms with E-state index < -0.39 is 6.03 Å². The van der Waals surface area contributed by atoms with E-state index in [0.717, 1.165) is 5.56 Å². The van der Waals surface area contributed by atoms with Crippen LogP contribution >= 0.6 is 0 Å². The maximum Gasteiger partial charge on any atom is 0.323 e. The Labute approximate surface area is 200 Å². The van der Waals surface area contributed by atoms with Gasteiger partial charge in [-0.2, -0.15) is 5.26 Å². The second-order valence-corrected chi connectivity index (χ2v) is 9.83. The molecule has 0 spiro atoms. The van der Waals surface area contributed by atoms with Crippen LogP contribution in [-0.4, -0.2) is 16.6 Å². The fraction of sp³-hybridized carbons (Fsp3) is 0.296. The zero-order valence-electron chi connectivity index (χ0n) is 20.4. The number of amides is 2. The first-order valence-electron chi connectivity index (χ1n) is 11.0. The number of hydrogen-bond acceptors (Lipinski definition) is 5. The molecule has 1 heterocycles. The van der Waals surface area contributed by atoms with Gasteiger partial charge in [-0.15, -0.1) is 0 Å². The van der Waals surface area contributed by atoms with Gasteiger partial charge in [0, 0.05) is 11.3 Å². The molecule has 7 heteroatoms. The van der Waals surface area contributed by atoms with Crippen molar-refractivity contribution in [2.24, 2.45) is 0 Å². The lowest BCUT2D eigenvalue weighted by atomic mass is 9.86. The van der Waals surface area contributed by atoms with Crippen molar-refractivity contribution in [2.45, 2.75) is 52.6 Å². The third kappa shape index (κ3) is 6.72. The Morgan fingerprint density at radius 3 is 2.21 bits per heavy atom. The largest absolute Gasteiger partial charge is 0.488 e. The highest BCUT2D eigenvalue weighted by Gasteiger charge is 2.21. The van der Waals surface area contributed by atoms with E-state index in [-0.39, 0.29) is 22.6 Å². The normalized spacial score (nSPS) is 11.3. The Bertz CT molecular complexity index is 1200. The molecule has 176 valence electrons. The number of urea groups is 1. The van der Waals surface area contributed by atoms with Crippen molar-refractivity contribution in [1.82, 2.24) is 4.98 Å². The van der Waals surface area contributed by atoms with E-state index in [9.17, 15) is 10.1 Å². The van der Waals surface area contributed by atoms with Crippen LogP contribution in [0.1, 0.15) is 52.8 Å². The zero-order valence-corrected chi connectivity index (χ0v) is 20.4. The molecule has 0 fully saturated rings. The Hall–Kier alpha value is -4.05. The Balaban J connectivity index is 1.79. The van der Waals surface area contributed by atoms with Crippen LogP contribution < -0.4 is 20.1 Å². The van der Waals surface area contributed by atoms with Gasteiger partial charge in [0.2, 0.25) is 5.88 Å². The minimum Gasteiger partial charge on any atom is -0.488 e. The molecule has 0 atom stereocenters. The number of anilines is 2. The number of pyridine rings is 1. The minimum absolute atomic E-state index is 0.139. The molecule has 34 heavy (non-hydrogen) atoms. The summed E-state index contributed by atoms with van der Waals surface area (Å²) in [6.07, 6.45) is 0. The summed E-state index contributed by atoms with van der Waals surface area (Å²) in [5.41, 5.74) is 1.62. The molecule has 0 saturated heterocycles. The number of ether oxygens (including phenoxy) is 2. The van der Waals surface area contributed by atoms with E-state index in [1.54, 1.807) is 30.3 Å². The van der Waals surface area contributed by atoms with Crippen molar-refractivity contribution < 1.29 is 14.3 Å². The standard InChI is InChI=1S/C27H30N4O3/c1-26(2,3)21-9-7-8-10-23(21)33-24-22(16-13-19(17-28)29-24)31-25(32)30-18-11-14-20(15-12-18)34-27(4,5)6/h7-16H,1-6H3,(H2,30,31,32). The van der Waals surface area contributed by atoms with Gasteiger partial charge in [0.1, 0.15) is 34.6 Å². The lowest BCUT2D eigenvalue weighted by Gasteiger charge is -2.23. The molecule has 7 nitrogen and oxygen atoms in total. The topological polar surface area (TPSA) is 96.3 Å². The van der Waals surface area contributed by atoms with Gasteiger partial charge in [0.05, 0.1) is 0 Å². The van der Waals surface area contributed by atoms with Gasteiger partial charge in [-0.05, 0) is 68.7 Å². The molecule has 0 saturated carbocycles. The maximum atomic E-state index is 12.7. The Morgan fingerprint density at radius 2 is 1.59 bits per heavy atom. The van der Waals surface area contributed by atoms with Gasteiger partial charge in [0.15, 0.2) is 0 Å². The van der Waals surface area contributed by atoms with Crippen LogP contribution in [0.5, 0.6) is 17.4 Å². The highest BCUT2D eigenvalue weighted by molar-refractivity contribution is 6.00. The molecule has 0 radical (unpaired) electrons. The van der Waals surface area contributed by atoms with E-state index in [1.807, 2.05) is 51.1 Å². The van der Waals surface area contributed by atoms with Crippen molar-refractivity contribution >= 4 is 17.4 Å². The first-order chi connectivity index (χ1) is 15.9. The van der Waals surface area contributed by atoms with E-state index in [0.29, 0.717) is 22.9 Å². The van der Waals surface area contributed by atoms with Crippen LogP contribution in [-0.2, 0) is 5.41 Å². The minimum atomic E-state index is -0.468. The fourth-order valence-corrected chi connectivity index (χ4v) is 3.20. The molecular formula is C27H30N4O3. The second-order valence-electron chi connectivity index (χ2n) is 9.83. The van der Waals surface area contributed by atoms with Crippen LogP contribution in [0.25, 0.3) is 0 Å². The predicted octanol–water partition coefficient (Wildman–Crippen LogP) is 6.86. The summed E-state index contributed by atoms with van der Waals surface area (Å²) in [6, 6.07) is 19.4. The second kappa shape index (κ2) is 9.84. The van der Waals surface area contributed by atoms with E-state index >= 15 is 0 Å².